The fourth-order valence-corrected chi connectivity index (χ4v) is 3.51. The molecule has 14 heavy (non-hydrogen) atoms. The van der Waals surface area contributed by atoms with Gasteiger partial charge in [0.1, 0.15) is 0 Å². The molecule has 1 aliphatic carbocycles. The molecule has 0 N–H and O–H groups in total. The van der Waals surface area contributed by atoms with E-state index in [0.717, 1.165) is 17.8 Å². The highest BCUT2D eigenvalue weighted by Crippen LogP contribution is 2.35. The van der Waals surface area contributed by atoms with Crippen LogP contribution < -0.4 is 0 Å². The summed E-state index contributed by atoms with van der Waals surface area (Å²) in [6, 6.07) is 0. The van der Waals surface area contributed by atoms with Crippen LogP contribution in [-0.4, -0.2) is 5.33 Å². The van der Waals surface area contributed by atoms with Crippen molar-refractivity contribution in [3.05, 3.63) is 0 Å². The van der Waals surface area contributed by atoms with Gasteiger partial charge in [0.25, 0.3) is 0 Å². The number of alkyl halides is 1. The minimum Gasteiger partial charge on any atom is -0.0925 e. The molecule has 1 saturated carbocycles. The largest absolute Gasteiger partial charge is 0.0925 e. The molecule has 0 saturated heterocycles. The summed E-state index contributed by atoms with van der Waals surface area (Å²) in [6.07, 6.45) is 10.3. The molecule has 0 aromatic heterocycles. The molecule has 0 aliphatic heterocycles. The maximum atomic E-state index is 3.69. The monoisotopic (exact) mass is 260 g/mol. The molecule has 0 bridgehead atoms. The highest BCUT2D eigenvalue weighted by molar-refractivity contribution is 9.09. The van der Waals surface area contributed by atoms with Gasteiger partial charge >= 0.3 is 0 Å². The van der Waals surface area contributed by atoms with Gasteiger partial charge in [-0.3, -0.25) is 0 Å². The molecule has 0 aromatic carbocycles. The van der Waals surface area contributed by atoms with Crippen LogP contribution in [0, 0.1) is 17.8 Å². The van der Waals surface area contributed by atoms with Crippen LogP contribution in [0.25, 0.3) is 0 Å². The third-order valence-electron chi connectivity index (χ3n) is 3.62. The summed E-state index contributed by atoms with van der Waals surface area (Å²) in [5, 5.41) is 1.23. The van der Waals surface area contributed by atoms with E-state index < -0.39 is 0 Å². The van der Waals surface area contributed by atoms with Crippen molar-refractivity contribution in [1.82, 2.24) is 0 Å². The van der Waals surface area contributed by atoms with E-state index in [0.29, 0.717) is 0 Å². The molecule has 1 aliphatic rings. The van der Waals surface area contributed by atoms with Crippen molar-refractivity contribution in [2.24, 2.45) is 17.8 Å². The van der Waals surface area contributed by atoms with E-state index in [2.05, 4.69) is 29.8 Å². The van der Waals surface area contributed by atoms with Gasteiger partial charge in [-0.25, -0.2) is 0 Å². The zero-order valence-electron chi connectivity index (χ0n) is 9.77. The molecule has 0 nitrogen and oxygen atoms in total. The highest BCUT2D eigenvalue weighted by atomic mass is 79.9. The maximum Gasteiger partial charge on any atom is 0.00623 e. The van der Waals surface area contributed by atoms with E-state index in [1.165, 1.54) is 50.3 Å². The summed E-state index contributed by atoms with van der Waals surface area (Å²) in [5.74, 6) is 2.90. The van der Waals surface area contributed by atoms with Crippen molar-refractivity contribution in [3.8, 4) is 0 Å². The highest BCUT2D eigenvalue weighted by Gasteiger charge is 2.23. The Hall–Kier alpha value is 0.480. The second kappa shape index (κ2) is 6.87. The minimum atomic E-state index is 0.884. The maximum absolute atomic E-state index is 3.69. The zero-order valence-corrected chi connectivity index (χ0v) is 11.4. The average molecular weight is 261 g/mol. The van der Waals surface area contributed by atoms with E-state index in [1.54, 1.807) is 0 Å². The van der Waals surface area contributed by atoms with E-state index in [4.69, 9.17) is 0 Å². The van der Waals surface area contributed by atoms with E-state index in [1.807, 2.05) is 0 Å². The second-order valence-corrected chi connectivity index (χ2v) is 5.93. The smallest absolute Gasteiger partial charge is 0.00623 e. The molecule has 1 unspecified atom stereocenters. The van der Waals surface area contributed by atoms with Crippen LogP contribution in [0.1, 0.15) is 58.8 Å². The lowest BCUT2D eigenvalue weighted by Crippen LogP contribution is -2.13. The first kappa shape index (κ1) is 12.5. The Morgan fingerprint density at radius 1 is 1.14 bits per heavy atom. The fourth-order valence-electron chi connectivity index (χ4n) is 2.66. The summed E-state index contributed by atoms with van der Waals surface area (Å²) in [5.41, 5.74) is 0. The minimum absolute atomic E-state index is 0.884. The third-order valence-corrected chi connectivity index (χ3v) is 4.45. The quantitative estimate of drug-likeness (QED) is 0.589. The summed E-state index contributed by atoms with van der Waals surface area (Å²) in [6.45, 7) is 4.66. The lowest BCUT2D eigenvalue weighted by Gasteiger charge is -2.21. The Bertz CT molecular complexity index is 136. The van der Waals surface area contributed by atoms with Crippen LogP contribution in [-0.2, 0) is 0 Å². The molecule has 0 aromatic rings. The Morgan fingerprint density at radius 2 is 1.79 bits per heavy atom. The predicted octanol–water partition coefficient (Wildman–Crippen LogP) is 5.01. The summed E-state index contributed by atoms with van der Waals surface area (Å²) >= 11 is 3.69. The van der Waals surface area contributed by atoms with E-state index in [9.17, 15) is 0 Å². The van der Waals surface area contributed by atoms with Gasteiger partial charge in [-0.15, -0.1) is 0 Å². The predicted molar refractivity (Wildman–Crippen MR) is 67.9 cm³/mol. The van der Waals surface area contributed by atoms with Crippen LogP contribution in [0.5, 0.6) is 0 Å². The lowest BCUT2D eigenvalue weighted by atomic mass is 9.87. The van der Waals surface area contributed by atoms with Crippen LogP contribution in [0.3, 0.4) is 0 Å². The summed E-state index contributed by atoms with van der Waals surface area (Å²) < 4.78 is 0. The summed E-state index contributed by atoms with van der Waals surface area (Å²) in [4.78, 5) is 0. The molecule has 0 amide bonds. The van der Waals surface area contributed by atoms with Crippen LogP contribution >= 0.6 is 15.9 Å². The Morgan fingerprint density at radius 3 is 2.29 bits per heavy atom. The van der Waals surface area contributed by atoms with Crippen LogP contribution in [0.15, 0.2) is 0 Å². The third kappa shape index (κ3) is 4.33. The van der Waals surface area contributed by atoms with Gasteiger partial charge in [0.05, 0.1) is 0 Å². The normalized spacial score (nSPS) is 20.6. The standard InChI is InChI=1S/C13H25Br/c1-11(2)6-5-9-13(10-14)12-7-3-4-8-12/h11-13H,3-10H2,1-2H3. The van der Waals surface area contributed by atoms with Crippen molar-refractivity contribution >= 4 is 15.9 Å². The average Bonchev–Trinajstić information content (AvgIpc) is 2.64. The first-order valence-electron chi connectivity index (χ1n) is 6.30. The van der Waals surface area contributed by atoms with Crippen molar-refractivity contribution in [1.29, 1.82) is 0 Å². The number of rotatable bonds is 6. The molecule has 0 radical (unpaired) electrons. The van der Waals surface area contributed by atoms with Gasteiger partial charge < -0.3 is 0 Å². The topological polar surface area (TPSA) is 0 Å². The number of hydrogen-bond acceptors (Lipinski definition) is 0. The first-order valence-corrected chi connectivity index (χ1v) is 7.42. The lowest BCUT2D eigenvalue weighted by molar-refractivity contribution is 0.335. The van der Waals surface area contributed by atoms with E-state index in [-0.39, 0.29) is 0 Å². The van der Waals surface area contributed by atoms with Gasteiger partial charge in [-0.2, -0.15) is 0 Å². The molecule has 1 fully saturated rings. The fraction of sp³-hybridized carbons (Fsp3) is 1.00. The Kier molecular flexibility index (Phi) is 6.16. The molecular weight excluding hydrogens is 236 g/mol. The summed E-state index contributed by atoms with van der Waals surface area (Å²) in [7, 11) is 0. The SMILES string of the molecule is CC(C)CCCC(CBr)C1CCCC1. The Balaban J connectivity index is 2.17. The molecule has 84 valence electrons. The molecule has 1 rings (SSSR count). The Labute approximate surface area is 98.0 Å². The van der Waals surface area contributed by atoms with Gasteiger partial charge in [-0.05, 0) is 24.2 Å². The van der Waals surface area contributed by atoms with Crippen molar-refractivity contribution in [2.45, 2.75) is 58.8 Å². The van der Waals surface area contributed by atoms with Gasteiger partial charge in [0.15, 0.2) is 0 Å². The van der Waals surface area contributed by atoms with Crippen molar-refractivity contribution < 1.29 is 0 Å². The van der Waals surface area contributed by atoms with Gasteiger partial charge in [-0.1, -0.05) is 68.3 Å². The molecule has 0 spiro atoms. The van der Waals surface area contributed by atoms with Crippen LogP contribution in [0.4, 0.5) is 0 Å². The number of halogens is 1. The van der Waals surface area contributed by atoms with Crippen molar-refractivity contribution in [2.75, 3.05) is 5.33 Å². The molecular formula is C13H25Br. The molecule has 0 heterocycles. The van der Waals surface area contributed by atoms with Gasteiger partial charge in [0, 0.05) is 5.33 Å². The molecule has 1 heteroatoms. The zero-order chi connectivity index (χ0) is 10.4. The van der Waals surface area contributed by atoms with Gasteiger partial charge in [0.2, 0.25) is 0 Å². The first-order chi connectivity index (χ1) is 6.74. The van der Waals surface area contributed by atoms with E-state index >= 15 is 0 Å². The second-order valence-electron chi connectivity index (χ2n) is 5.28. The number of hydrogen-bond donors (Lipinski definition) is 0. The molecule has 1 atom stereocenters. The van der Waals surface area contributed by atoms with Crippen molar-refractivity contribution in [3.63, 3.8) is 0 Å². The van der Waals surface area contributed by atoms with Crippen LogP contribution in [0.2, 0.25) is 0 Å².